The number of thiocarbonyl (C=S) groups is 1. The molecule has 0 unspecified atom stereocenters. The highest BCUT2D eigenvalue weighted by atomic mass is 32.1. The number of pyridine rings is 1. The minimum atomic E-state index is 0.450. The van der Waals surface area contributed by atoms with Crippen LogP contribution in [0.25, 0.3) is 0 Å². The summed E-state index contributed by atoms with van der Waals surface area (Å²) in [6.07, 6.45) is 3.34. The summed E-state index contributed by atoms with van der Waals surface area (Å²) < 4.78 is 0. The average Bonchev–Trinajstić information content (AvgIpc) is 2.45. The number of nitrogens with zero attached hydrogens (tertiary/aromatic N) is 2. The number of hydrazone groups is 1. The molecule has 102 valence electrons. The zero-order valence-electron chi connectivity index (χ0n) is 11.4. The molecule has 1 heterocycles. The highest BCUT2D eigenvalue weighted by Gasteiger charge is 2.01. The van der Waals surface area contributed by atoms with Gasteiger partial charge in [0.05, 0.1) is 11.9 Å². The van der Waals surface area contributed by atoms with Gasteiger partial charge in [0, 0.05) is 11.9 Å². The van der Waals surface area contributed by atoms with Crippen molar-refractivity contribution >= 4 is 29.2 Å². The Hall–Kier alpha value is -2.27. The summed E-state index contributed by atoms with van der Waals surface area (Å²) in [5.41, 5.74) is 6.92. The molecule has 0 spiro atoms. The molecule has 0 saturated carbocycles. The van der Waals surface area contributed by atoms with Crippen molar-refractivity contribution in [1.82, 2.24) is 10.4 Å². The molecule has 0 aliphatic carbocycles. The zero-order chi connectivity index (χ0) is 14.4. The van der Waals surface area contributed by atoms with E-state index in [0.717, 1.165) is 11.4 Å². The van der Waals surface area contributed by atoms with Crippen molar-refractivity contribution in [2.24, 2.45) is 5.10 Å². The van der Waals surface area contributed by atoms with Crippen LogP contribution in [0.2, 0.25) is 0 Å². The molecule has 2 aromatic rings. The summed E-state index contributed by atoms with van der Waals surface area (Å²) in [7, 11) is 0. The van der Waals surface area contributed by atoms with Crippen molar-refractivity contribution in [3.05, 3.63) is 59.4 Å². The van der Waals surface area contributed by atoms with Crippen LogP contribution >= 0.6 is 12.2 Å². The second-order valence-electron chi connectivity index (χ2n) is 4.33. The van der Waals surface area contributed by atoms with E-state index >= 15 is 0 Å². The number of nitrogens with one attached hydrogen (secondary N) is 2. The number of hydrogen-bond acceptors (Lipinski definition) is 3. The summed E-state index contributed by atoms with van der Waals surface area (Å²) in [5, 5.41) is 7.62. The number of aryl methyl sites for hydroxylation is 1. The molecule has 1 aromatic heterocycles. The van der Waals surface area contributed by atoms with Gasteiger partial charge in [-0.25, -0.2) is 0 Å². The third kappa shape index (κ3) is 3.86. The van der Waals surface area contributed by atoms with Crippen LogP contribution in [0.4, 0.5) is 5.69 Å². The first-order chi connectivity index (χ1) is 9.66. The summed E-state index contributed by atoms with van der Waals surface area (Å²) in [6, 6.07) is 11.7. The third-order valence-corrected chi connectivity index (χ3v) is 3.10. The van der Waals surface area contributed by atoms with Crippen LogP contribution in [0.3, 0.4) is 0 Å². The van der Waals surface area contributed by atoms with Gasteiger partial charge in [0.2, 0.25) is 0 Å². The fourth-order valence-electron chi connectivity index (χ4n) is 1.65. The Kier molecular flexibility index (Phi) is 4.79. The molecule has 5 heteroatoms. The summed E-state index contributed by atoms with van der Waals surface area (Å²) >= 11 is 5.20. The molecule has 1 aromatic carbocycles. The number of aromatic nitrogens is 1. The summed E-state index contributed by atoms with van der Waals surface area (Å²) in [6.45, 7) is 4.12. The van der Waals surface area contributed by atoms with E-state index in [2.05, 4.69) is 40.7 Å². The van der Waals surface area contributed by atoms with Crippen LogP contribution in [0, 0.1) is 13.8 Å². The van der Waals surface area contributed by atoms with E-state index in [4.69, 9.17) is 12.2 Å². The van der Waals surface area contributed by atoms with Crippen LogP contribution < -0.4 is 10.7 Å². The van der Waals surface area contributed by atoms with E-state index < -0.39 is 0 Å². The smallest absolute Gasteiger partial charge is 0.191 e. The minimum absolute atomic E-state index is 0.450. The van der Waals surface area contributed by atoms with Crippen molar-refractivity contribution in [2.75, 3.05) is 5.32 Å². The van der Waals surface area contributed by atoms with Gasteiger partial charge in [0.1, 0.15) is 0 Å². The van der Waals surface area contributed by atoms with Gasteiger partial charge in [-0.2, -0.15) is 5.10 Å². The van der Waals surface area contributed by atoms with Crippen LogP contribution in [0.1, 0.15) is 16.8 Å². The lowest BCUT2D eigenvalue weighted by atomic mass is 10.1. The molecule has 0 radical (unpaired) electrons. The van der Waals surface area contributed by atoms with Crippen LogP contribution in [-0.4, -0.2) is 16.3 Å². The number of rotatable bonds is 3. The SMILES string of the molecule is Cc1cccc(NC(=S)N/N=C\c2ccccn2)c1C. The predicted octanol–water partition coefficient (Wildman–Crippen LogP) is 3.02. The predicted molar refractivity (Wildman–Crippen MR) is 87.1 cm³/mol. The molecule has 2 N–H and O–H groups in total. The van der Waals surface area contributed by atoms with E-state index in [1.165, 1.54) is 11.1 Å². The Morgan fingerprint density at radius 1 is 1.20 bits per heavy atom. The third-order valence-electron chi connectivity index (χ3n) is 2.90. The standard InChI is InChI=1S/C15H16N4S/c1-11-6-5-8-14(12(11)2)18-15(20)19-17-10-13-7-3-4-9-16-13/h3-10H,1-2H3,(H2,18,19,20)/b17-10-. The summed E-state index contributed by atoms with van der Waals surface area (Å²) in [5.74, 6) is 0. The lowest BCUT2D eigenvalue weighted by Gasteiger charge is -2.11. The maximum absolute atomic E-state index is 5.20. The van der Waals surface area contributed by atoms with Gasteiger partial charge in [-0.1, -0.05) is 18.2 Å². The molecule has 0 aliphatic heterocycles. The molecule has 0 amide bonds. The monoisotopic (exact) mass is 284 g/mol. The molecule has 0 saturated heterocycles. The second kappa shape index (κ2) is 6.77. The van der Waals surface area contributed by atoms with Gasteiger partial charge in [-0.05, 0) is 55.4 Å². The minimum Gasteiger partial charge on any atom is -0.331 e. The van der Waals surface area contributed by atoms with Gasteiger partial charge in [0.15, 0.2) is 5.11 Å². The largest absolute Gasteiger partial charge is 0.331 e. The maximum atomic E-state index is 5.20. The molecule has 0 aliphatic rings. The van der Waals surface area contributed by atoms with Crippen molar-refractivity contribution in [2.45, 2.75) is 13.8 Å². The first kappa shape index (κ1) is 14.1. The zero-order valence-corrected chi connectivity index (χ0v) is 12.2. The molecule has 4 nitrogen and oxygen atoms in total. The average molecular weight is 284 g/mol. The highest BCUT2D eigenvalue weighted by Crippen LogP contribution is 2.17. The molecule has 20 heavy (non-hydrogen) atoms. The summed E-state index contributed by atoms with van der Waals surface area (Å²) in [4.78, 5) is 4.13. The Morgan fingerprint density at radius 2 is 2.05 bits per heavy atom. The fraction of sp³-hybridized carbons (Fsp3) is 0.133. The van der Waals surface area contributed by atoms with Crippen molar-refractivity contribution < 1.29 is 0 Å². The van der Waals surface area contributed by atoms with Crippen molar-refractivity contribution in [3.8, 4) is 0 Å². The van der Waals surface area contributed by atoms with Crippen molar-refractivity contribution in [3.63, 3.8) is 0 Å². The van der Waals surface area contributed by atoms with E-state index in [1.54, 1.807) is 12.4 Å². The molecule has 0 bridgehead atoms. The van der Waals surface area contributed by atoms with E-state index in [0.29, 0.717) is 5.11 Å². The lowest BCUT2D eigenvalue weighted by molar-refractivity contribution is 1.05. The Balaban J connectivity index is 1.93. The lowest BCUT2D eigenvalue weighted by Crippen LogP contribution is -2.24. The van der Waals surface area contributed by atoms with E-state index in [9.17, 15) is 0 Å². The Bertz CT molecular complexity index is 623. The molecule has 2 rings (SSSR count). The molecular formula is C15H16N4S. The maximum Gasteiger partial charge on any atom is 0.191 e. The number of hydrogen-bond donors (Lipinski definition) is 2. The van der Waals surface area contributed by atoms with Gasteiger partial charge in [-0.15, -0.1) is 0 Å². The van der Waals surface area contributed by atoms with Gasteiger partial charge >= 0.3 is 0 Å². The van der Waals surface area contributed by atoms with Crippen LogP contribution in [-0.2, 0) is 0 Å². The number of benzene rings is 1. The molecule has 0 atom stereocenters. The van der Waals surface area contributed by atoms with E-state index in [1.807, 2.05) is 30.3 Å². The fourth-order valence-corrected chi connectivity index (χ4v) is 1.81. The number of anilines is 1. The van der Waals surface area contributed by atoms with Gasteiger partial charge < -0.3 is 5.32 Å². The van der Waals surface area contributed by atoms with E-state index in [-0.39, 0.29) is 0 Å². The normalized spacial score (nSPS) is 10.5. The Labute approximate surface area is 123 Å². The van der Waals surface area contributed by atoms with Crippen LogP contribution in [0.5, 0.6) is 0 Å². The quantitative estimate of drug-likeness (QED) is 0.517. The topological polar surface area (TPSA) is 49.3 Å². The van der Waals surface area contributed by atoms with Crippen molar-refractivity contribution in [1.29, 1.82) is 0 Å². The highest BCUT2D eigenvalue weighted by molar-refractivity contribution is 7.80. The molecular weight excluding hydrogens is 268 g/mol. The van der Waals surface area contributed by atoms with Gasteiger partial charge in [-0.3, -0.25) is 10.4 Å². The first-order valence-electron chi connectivity index (χ1n) is 6.24. The first-order valence-corrected chi connectivity index (χ1v) is 6.65. The van der Waals surface area contributed by atoms with Gasteiger partial charge in [0.25, 0.3) is 0 Å². The molecule has 0 fully saturated rings. The second-order valence-corrected chi connectivity index (χ2v) is 4.73. The Morgan fingerprint density at radius 3 is 2.80 bits per heavy atom. The van der Waals surface area contributed by atoms with Crippen LogP contribution in [0.15, 0.2) is 47.7 Å².